The molecule has 0 unspecified atom stereocenters. The minimum Gasteiger partial charge on any atom is -0.273 e. The number of hydrogen-bond donors (Lipinski definition) is 2. The van der Waals surface area contributed by atoms with Gasteiger partial charge in [-0.2, -0.15) is 0 Å². The van der Waals surface area contributed by atoms with Gasteiger partial charge in [0.2, 0.25) is 11.9 Å². The summed E-state index contributed by atoms with van der Waals surface area (Å²) in [5, 5.41) is 0. The Labute approximate surface area is 89.3 Å². The van der Waals surface area contributed by atoms with Crippen molar-refractivity contribution in [2.75, 3.05) is 5.43 Å². The summed E-state index contributed by atoms with van der Waals surface area (Å²) in [6.07, 6.45) is 1.32. The first kappa shape index (κ1) is 11.4. The smallest absolute Gasteiger partial charge is 0.242 e. The maximum atomic E-state index is 11.2. The number of rotatable bonds is 4. The van der Waals surface area contributed by atoms with Crippen LogP contribution in [0.2, 0.25) is 0 Å². The van der Waals surface area contributed by atoms with E-state index in [2.05, 4.69) is 20.8 Å². The quantitative estimate of drug-likeness (QED) is 0.733. The Bertz CT molecular complexity index is 331. The van der Waals surface area contributed by atoms with Gasteiger partial charge in [-0.15, -0.1) is 0 Å². The average molecular weight is 208 g/mol. The minimum atomic E-state index is -0.0553. The molecule has 1 amide bonds. The Hall–Kier alpha value is -1.65. The number of hydrazine groups is 1. The number of carbonyl (C=O) groups is 1. The van der Waals surface area contributed by atoms with Crippen LogP contribution in [0.15, 0.2) is 6.07 Å². The van der Waals surface area contributed by atoms with Crippen molar-refractivity contribution in [3.63, 3.8) is 0 Å². The van der Waals surface area contributed by atoms with Crippen molar-refractivity contribution in [1.29, 1.82) is 0 Å². The fourth-order valence-corrected chi connectivity index (χ4v) is 1.20. The maximum Gasteiger partial charge on any atom is 0.242 e. The molecular formula is C10H16N4O. The highest BCUT2D eigenvalue weighted by Crippen LogP contribution is 2.02. The molecule has 5 heteroatoms. The van der Waals surface area contributed by atoms with Gasteiger partial charge in [-0.3, -0.25) is 15.6 Å². The standard InChI is InChI=1S/C10H16N4O/c1-4-5-9(15)13-14-10-11-7(2)6-8(3)12-10/h6H,4-5H2,1-3H3,(H,13,15)(H,11,12,14). The van der Waals surface area contributed by atoms with Gasteiger partial charge in [-0.05, 0) is 26.3 Å². The van der Waals surface area contributed by atoms with Gasteiger partial charge >= 0.3 is 0 Å². The van der Waals surface area contributed by atoms with E-state index in [4.69, 9.17) is 0 Å². The third kappa shape index (κ3) is 3.93. The van der Waals surface area contributed by atoms with Gasteiger partial charge in [0, 0.05) is 17.8 Å². The Morgan fingerprint density at radius 1 is 1.33 bits per heavy atom. The first-order chi connectivity index (χ1) is 7.11. The highest BCUT2D eigenvalue weighted by atomic mass is 16.2. The van der Waals surface area contributed by atoms with Gasteiger partial charge in [0.15, 0.2) is 0 Å². The first-order valence-corrected chi connectivity index (χ1v) is 4.99. The lowest BCUT2D eigenvalue weighted by Crippen LogP contribution is -2.30. The number of carbonyl (C=O) groups excluding carboxylic acids is 1. The lowest BCUT2D eigenvalue weighted by Gasteiger charge is -2.07. The molecule has 0 aliphatic carbocycles. The molecule has 0 saturated carbocycles. The van der Waals surface area contributed by atoms with E-state index in [-0.39, 0.29) is 5.91 Å². The van der Waals surface area contributed by atoms with E-state index in [0.29, 0.717) is 12.4 Å². The number of aryl methyl sites for hydroxylation is 2. The first-order valence-electron chi connectivity index (χ1n) is 4.99. The summed E-state index contributed by atoms with van der Waals surface area (Å²) in [7, 11) is 0. The van der Waals surface area contributed by atoms with Crippen molar-refractivity contribution in [3.05, 3.63) is 17.5 Å². The summed E-state index contributed by atoms with van der Waals surface area (Å²) in [6, 6.07) is 1.87. The molecule has 1 rings (SSSR count). The zero-order chi connectivity index (χ0) is 11.3. The number of nitrogens with one attached hydrogen (secondary N) is 2. The average Bonchev–Trinajstić information content (AvgIpc) is 2.14. The number of amides is 1. The number of hydrogen-bond acceptors (Lipinski definition) is 4. The lowest BCUT2D eigenvalue weighted by atomic mass is 10.3. The zero-order valence-electron chi connectivity index (χ0n) is 9.29. The van der Waals surface area contributed by atoms with Gasteiger partial charge in [0.25, 0.3) is 0 Å². The number of anilines is 1. The molecule has 15 heavy (non-hydrogen) atoms. The van der Waals surface area contributed by atoms with E-state index in [1.54, 1.807) is 0 Å². The van der Waals surface area contributed by atoms with E-state index in [1.807, 2.05) is 26.8 Å². The van der Waals surface area contributed by atoms with Gasteiger partial charge in [-0.1, -0.05) is 6.92 Å². The fourth-order valence-electron chi connectivity index (χ4n) is 1.20. The molecule has 0 fully saturated rings. The van der Waals surface area contributed by atoms with Gasteiger partial charge in [0.1, 0.15) is 0 Å². The lowest BCUT2D eigenvalue weighted by molar-refractivity contribution is -0.120. The molecule has 0 radical (unpaired) electrons. The monoisotopic (exact) mass is 208 g/mol. The molecule has 0 aliphatic rings. The van der Waals surface area contributed by atoms with E-state index >= 15 is 0 Å². The van der Waals surface area contributed by atoms with Crippen molar-refractivity contribution in [1.82, 2.24) is 15.4 Å². The molecule has 82 valence electrons. The molecule has 2 N–H and O–H groups in total. The summed E-state index contributed by atoms with van der Waals surface area (Å²) in [6.45, 7) is 5.72. The highest BCUT2D eigenvalue weighted by Gasteiger charge is 2.01. The molecule has 0 aromatic carbocycles. The Morgan fingerprint density at radius 3 is 2.47 bits per heavy atom. The molecule has 1 aromatic rings. The van der Waals surface area contributed by atoms with Gasteiger partial charge in [0.05, 0.1) is 0 Å². The normalized spacial score (nSPS) is 9.80. The van der Waals surface area contributed by atoms with Gasteiger partial charge in [-0.25, -0.2) is 9.97 Å². The van der Waals surface area contributed by atoms with Crippen LogP contribution in [-0.2, 0) is 4.79 Å². The Balaban J connectivity index is 2.54. The Morgan fingerprint density at radius 2 is 1.93 bits per heavy atom. The molecule has 0 atom stereocenters. The molecule has 0 aliphatic heterocycles. The van der Waals surface area contributed by atoms with Crippen molar-refractivity contribution < 1.29 is 4.79 Å². The molecule has 0 bridgehead atoms. The number of nitrogens with zero attached hydrogens (tertiary/aromatic N) is 2. The number of aromatic nitrogens is 2. The van der Waals surface area contributed by atoms with Crippen molar-refractivity contribution in [2.45, 2.75) is 33.6 Å². The summed E-state index contributed by atoms with van der Waals surface area (Å²) in [5.74, 6) is 0.372. The van der Waals surface area contributed by atoms with Crippen LogP contribution in [0, 0.1) is 13.8 Å². The Kier molecular flexibility index (Phi) is 4.03. The van der Waals surface area contributed by atoms with Crippen LogP contribution in [0.1, 0.15) is 31.2 Å². The van der Waals surface area contributed by atoms with Gasteiger partial charge < -0.3 is 0 Å². The minimum absolute atomic E-state index is 0.0553. The molecular weight excluding hydrogens is 192 g/mol. The predicted molar refractivity (Wildman–Crippen MR) is 58.2 cm³/mol. The van der Waals surface area contributed by atoms with Crippen LogP contribution in [0.25, 0.3) is 0 Å². The molecule has 0 saturated heterocycles. The largest absolute Gasteiger partial charge is 0.273 e. The summed E-state index contributed by atoms with van der Waals surface area (Å²) >= 11 is 0. The van der Waals surface area contributed by atoms with Crippen LogP contribution in [-0.4, -0.2) is 15.9 Å². The summed E-state index contributed by atoms with van der Waals surface area (Å²) < 4.78 is 0. The van der Waals surface area contributed by atoms with E-state index in [9.17, 15) is 4.79 Å². The van der Waals surface area contributed by atoms with Crippen LogP contribution >= 0.6 is 0 Å². The molecule has 0 spiro atoms. The zero-order valence-corrected chi connectivity index (χ0v) is 9.29. The van der Waals surface area contributed by atoms with E-state index < -0.39 is 0 Å². The van der Waals surface area contributed by atoms with Crippen LogP contribution in [0.3, 0.4) is 0 Å². The SMILES string of the molecule is CCCC(=O)NNc1nc(C)cc(C)n1. The van der Waals surface area contributed by atoms with Crippen LogP contribution in [0.4, 0.5) is 5.95 Å². The molecule has 1 aromatic heterocycles. The second-order valence-electron chi connectivity index (χ2n) is 3.40. The van der Waals surface area contributed by atoms with E-state index in [1.165, 1.54) is 0 Å². The third-order valence-electron chi connectivity index (χ3n) is 1.77. The summed E-state index contributed by atoms with van der Waals surface area (Å²) in [4.78, 5) is 19.4. The van der Waals surface area contributed by atoms with Crippen LogP contribution in [0.5, 0.6) is 0 Å². The van der Waals surface area contributed by atoms with Crippen molar-refractivity contribution in [2.24, 2.45) is 0 Å². The van der Waals surface area contributed by atoms with Crippen molar-refractivity contribution >= 4 is 11.9 Å². The second-order valence-corrected chi connectivity index (χ2v) is 3.40. The van der Waals surface area contributed by atoms with Crippen molar-refractivity contribution in [3.8, 4) is 0 Å². The highest BCUT2D eigenvalue weighted by molar-refractivity contribution is 5.76. The second kappa shape index (κ2) is 5.29. The molecule has 5 nitrogen and oxygen atoms in total. The third-order valence-corrected chi connectivity index (χ3v) is 1.77. The van der Waals surface area contributed by atoms with Crippen LogP contribution < -0.4 is 10.9 Å². The maximum absolute atomic E-state index is 11.2. The topological polar surface area (TPSA) is 66.9 Å². The molecule has 1 heterocycles. The van der Waals surface area contributed by atoms with E-state index in [0.717, 1.165) is 17.8 Å². The fraction of sp³-hybridized carbons (Fsp3) is 0.500. The summed E-state index contributed by atoms with van der Waals surface area (Å²) in [5.41, 5.74) is 6.97. The predicted octanol–water partition coefficient (Wildman–Crippen LogP) is 1.34.